The molecule has 5 rings (SSSR count). The zero-order chi connectivity index (χ0) is 17.3. The predicted octanol–water partition coefficient (Wildman–Crippen LogP) is -1.45. The van der Waals surface area contributed by atoms with E-state index in [2.05, 4.69) is 0 Å². The Morgan fingerprint density at radius 1 is 0.917 bits per heavy atom. The van der Waals surface area contributed by atoms with Gasteiger partial charge in [-0.2, -0.15) is 0 Å². The monoisotopic (exact) mass is 334 g/mol. The lowest BCUT2D eigenvalue weighted by molar-refractivity contribution is -1.20. The zero-order valence-electron chi connectivity index (χ0n) is 13.8. The van der Waals surface area contributed by atoms with Crippen molar-refractivity contribution < 1.29 is 19.6 Å². The third-order valence-corrected chi connectivity index (χ3v) is 7.05. The van der Waals surface area contributed by atoms with Crippen LogP contribution in [0, 0.1) is 25.6 Å². The molecule has 0 radical (unpaired) electrons. The average molecular weight is 334 g/mol. The van der Waals surface area contributed by atoms with Crippen LogP contribution >= 0.6 is 0 Å². The summed E-state index contributed by atoms with van der Waals surface area (Å²) < 4.78 is 0. The van der Waals surface area contributed by atoms with E-state index in [0.717, 1.165) is 15.4 Å². The minimum absolute atomic E-state index is 0.0449. The molecular weight excluding hydrogens is 312 g/mol. The number of rotatable bonds is 3. The highest BCUT2D eigenvalue weighted by Crippen LogP contribution is 2.48. The maximum absolute atomic E-state index is 12.0. The van der Waals surface area contributed by atoms with Gasteiger partial charge in [0.2, 0.25) is 6.17 Å². The summed E-state index contributed by atoms with van der Waals surface area (Å²) in [5, 5.41) is 24.1. The minimum atomic E-state index is -1.24. The molecule has 4 bridgehead atoms. The number of piperidine rings is 2. The summed E-state index contributed by atoms with van der Waals surface area (Å²) in [4.78, 5) is 25.6. The van der Waals surface area contributed by atoms with Crippen LogP contribution in [0.5, 0.6) is 0 Å². The second-order valence-electron chi connectivity index (χ2n) is 8.07. The van der Waals surface area contributed by atoms with E-state index < -0.39 is 16.5 Å². The van der Waals surface area contributed by atoms with E-state index in [1.807, 2.05) is 30.3 Å². The number of nitro groups is 2. The van der Waals surface area contributed by atoms with Crippen LogP contribution in [0.3, 0.4) is 0 Å². The van der Waals surface area contributed by atoms with Crippen LogP contribution in [0.2, 0.25) is 0 Å². The molecule has 2 N–H and O–H groups in total. The van der Waals surface area contributed by atoms with E-state index in [9.17, 15) is 20.2 Å². The summed E-state index contributed by atoms with van der Waals surface area (Å²) in [6.45, 7) is 4.87. The molecule has 4 aliphatic heterocycles. The van der Waals surface area contributed by atoms with Crippen LogP contribution in [-0.2, 0) is 0 Å². The Morgan fingerprint density at radius 2 is 1.33 bits per heavy atom. The standard InChI is InChI=1S/C16H20N4O4/c1-14(2)15(19(21)22)8-17-10-16(14,20(23)24)11-18(9-15)13(17)12-6-4-3-5-7-12/h3-7,13H,8-11H2,1-2H3/p+2. The summed E-state index contributed by atoms with van der Waals surface area (Å²) in [6.07, 6.45) is 0.0449. The van der Waals surface area contributed by atoms with E-state index in [1.54, 1.807) is 13.8 Å². The van der Waals surface area contributed by atoms with E-state index in [4.69, 9.17) is 0 Å². The molecule has 0 unspecified atom stereocenters. The second kappa shape index (κ2) is 4.52. The molecule has 0 aromatic heterocycles. The van der Waals surface area contributed by atoms with Gasteiger partial charge in [-0.25, -0.2) is 0 Å². The zero-order valence-corrected chi connectivity index (χ0v) is 13.8. The first-order valence-electron chi connectivity index (χ1n) is 8.28. The molecule has 8 heteroatoms. The van der Waals surface area contributed by atoms with Gasteiger partial charge < -0.3 is 0 Å². The van der Waals surface area contributed by atoms with Crippen molar-refractivity contribution in [2.45, 2.75) is 31.1 Å². The van der Waals surface area contributed by atoms with Crippen molar-refractivity contribution >= 4 is 0 Å². The van der Waals surface area contributed by atoms with Crippen LogP contribution in [-0.4, -0.2) is 47.1 Å². The molecule has 4 saturated heterocycles. The highest BCUT2D eigenvalue weighted by Gasteiger charge is 2.87. The molecule has 0 aliphatic carbocycles. The molecule has 1 aromatic carbocycles. The number of hydrogen-bond donors (Lipinski definition) is 2. The Kier molecular flexibility index (Phi) is 2.91. The Hall–Kier alpha value is -2.06. The van der Waals surface area contributed by atoms with Gasteiger partial charge in [0.25, 0.3) is 0 Å². The molecule has 128 valence electrons. The highest BCUT2D eigenvalue weighted by molar-refractivity contribution is 5.19. The molecule has 8 nitrogen and oxygen atoms in total. The number of hydrogen-bond acceptors (Lipinski definition) is 4. The van der Waals surface area contributed by atoms with Gasteiger partial charge in [0.15, 0.2) is 26.2 Å². The van der Waals surface area contributed by atoms with Crippen LogP contribution < -0.4 is 9.80 Å². The smallest absolute Gasteiger partial charge is 0.270 e. The van der Waals surface area contributed by atoms with Crippen molar-refractivity contribution in [3.8, 4) is 0 Å². The maximum atomic E-state index is 12.0. The van der Waals surface area contributed by atoms with E-state index >= 15 is 0 Å². The summed E-state index contributed by atoms with van der Waals surface area (Å²) in [7, 11) is 0. The summed E-state index contributed by atoms with van der Waals surface area (Å²) in [5.41, 5.74) is -2.35. The first kappa shape index (κ1) is 15.5. The normalized spacial score (nSPS) is 42.0. The van der Waals surface area contributed by atoms with Gasteiger partial charge in [0.05, 0.1) is 5.56 Å². The summed E-state index contributed by atoms with van der Waals surface area (Å²) in [6, 6.07) is 9.90. The summed E-state index contributed by atoms with van der Waals surface area (Å²) >= 11 is 0. The number of quaternary nitrogens is 2. The Morgan fingerprint density at radius 3 is 1.71 bits per heavy atom. The third-order valence-electron chi connectivity index (χ3n) is 7.05. The largest absolute Gasteiger partial charge is 0.329 e. The fourth-order valence-electron chi connectivity index (χ4n) is 5.60. The van der Waals surface area contributed by atoms with Gasteiger partial charge in [-0.1, -0.05) is 18.2 Å². The van der Waals surface area contributed by atoms with Gasteiger partial charge in [-0.05, 0) is 26.0 Å². The molecule has 24 heavy (non-hydrogen) atoms. The van der Waals surface area contributed by atoms with Crippen molar-refractivity contribution in [2.24, 2.45) is 5.41 Å². The van der Waals surface area contributed by atoms with E-state index in [0.29, 0.717) is 26.2 Å². The Labute approximate surface area is 139 Å². The quantitative estimate of drug-likeness (QED) is 0.522. The van der Waals surface area contributed by atoms with Crippen molar-refractivity contribution in [3.05, 3.63) is 56.1 Å². The van der Waals surface area contributed by atoms with Crippen molar-refractivity contribution in [1.29, 1.82) is 0 Å². The second-order valence-corrected chi connectivity index (χ2v) is 8.07. The lowest BCUT2D eigenvalue weighted by Gasteiger charge is -2.60. The lowest BCUT2D eigenvalue weighted by Crippen LogP contribution is -3.43. The average Bonchev–Trinajstić information content (AvgIpc) is 2.51. The highest BCUT2D eigenvalue weighted by atomic mass is 16.6. The van der Waals surface area contributed by atoms with Crippen LogP contribution in [0.1, 0.15) is 25.6 Å². The maximum Gasteiger partial charge on any atom is 0.329 e. The van der Waals surface area contributed by atoms with Crippen LogP contribution in [0.15, 0.2) is 30.3 Å². The first-order chi connectivity index (χ1) is 11.3. The van der Waals surface area contributed by atoms with Gasteiger partial charge in [-0.15, -0.1) is 0 Å². The minimum Gasteiger partial charge on any atom is -0.270 e. The van der Waals surface area contributed by atoms with Gasteiger partial charge in [0.1, 0.15) is 5.41 Å². The molecule has 0 amide bonds. The van der Waals surface area contributed by atoms with Crippen molar-refractivity contribution in [2.75, 3.05) is 26.2 Å². The fraction of sp³-hybridized carbons (Fsp3) is 0.625. The molecule has 4 fully saturated rings. The number of benzene rings is 1. The van der Waals surface area contributed by atoms with Crippen LogP contribution in [0.4, 0.5) is 0 Å². The Bertz CT molecular complexity index is 668. The topological polar surface area (TPSA) is 95.2 Å². The van der Waals surface area contributed by atoms with Gasteiger partial charge in [0, 0.05) is 9.85 Å². The Balaban J connectivity index is 1.86. The third kappa shape index (κ3) is 1.55. The molecule has 4 aliphatic rings. The van der Waals surface area contributed by atoms with Crippen molar-refractivity contribution in [1.82, 2.24) is 0 Å². The van der Waals surface area contributed by atoms with Gasteiger partial charge >= 0.3 is 11.1 Å². The molecular formula is C16H22N4O4+2. The molecule has 4 heterocycles. The van der Waals surface area contributed by atoms with E-state index in [1.165, 1.54) is 0 Å². The molecule has 0 spiro atoms. The van der Waals surface area contributed by atoms with E-state index in [-0.39, 0.29) is 16.0 Å². The molecule has 1 aromatic rings. The summed E-state index contributed by atoms with van der Waals surface area (Å²) in [5.74, 6) is 0. The number of nitrogens with one attached hydrogen (secondary N) is 2. The first-order valence-corrected chi connectivity index (χ1v) is 8.28. The number of nitrogens with zero attached hydrogens (tertiary/aromatic N) is 2. The molecule has 0 saturated carbocycles. The van der Waals surface area contributed by atoms with Crippen molar-refractivity contribution in [3.63, 3.8) is 0 Å². The molecule has 0 atom stereocenters. The lowest BCUT2D eigenvalue weighted by atomic mass is 9.53. The predicted molar refractivity (Wildman–Crippen MR) is 83.8 cm³/mol. The van der Waals surface area contributed by atoms with Crippen LogP contribution in [0.25, 0.3) is 0 Å². The fourth-order valence-corrected chi connectivity index (χ4v) is 5.60. The SMILES string of the molecule is CC1(C)C2([N+](=O)[O-])C[NH+]3CC1([N+](=O)[O-])C[NH+](C2)C3c1ccccc1. The van der Waals surface area contributed by atoms with Gasteiger partial charge in [-0.3, -0.25) is 30.0 Å².